The fraction of sp³-hybridized carbons (Fsp3) is 0.542. The van der Waals surface area contributed by atoms with E-state index >= 15 is 0 Å². The van der Waals surface area contributed by atoms with Crippen molar-refractivity contribution in [1.29, 1.82) is 0 Å². The third-order valence-corrected chi connectivity index (χ3v) is 7.61. The minimum absolute atomic E-state index is 0.121. The largest absolute Gasteiger partial charge is 0.375 e. The minimum atomic E-state index is -3.49. The van der Waals surface area contributed by atoms with Crippen molar-refractivity contribution in [1.82, 2.24) is 9.97 Å². The highest BCUT2D eigenvalue weighted by molar-refractivity contribution is 7.92. The lowest BCUT2D eigenvalue weighted by Gasteiger charge is -2.34. The van der Waals surface area contributed by atoms with Crippen LogP contribution in [0.15, 0.2) is 30.3 Å². The number of nitrogens with zero attached hydrogens (tertiary/aromatic N) is 4. The molecule has 3 aliphatic rings. The molecule has 0 aromatic carbocycles. The van der Waals surface area contributed by atoms with Gasteiger partial charge in [0.25, 0.3) is 5.91 Å². The fourth-order valence-corrected chi connectivity index (χ4v) is 5.36. The van der Waals surface area contributed by atoms with Gasteiger partial charge in [0.1, 0.15) is 23.3 Å². The molecule has 1 saturated carbocycles. The third-order valence-electron chi connectivity index (χ3n) is 7.03. The van der Waals surface area contributed by atoms with Crippen LogP contribution >= 0.6 is 0 Å². The summed E-state index contributed by atoms with van der Waals surface area (Å²) in [5.74, 6) is 1.60. The maximum absolute atomic E-state index is 13.4. The van der Waals surface area contributed by atoms with Crippen LogP contribution in [0.2, 0.25) is 0 Å². The second kappa shape index (κ2) is 9.27. The standard InChI is InChI=1S/C24H32N6O4S/c1-17-16-30(14-15-34-17)21-5-3-4-19(25-21)27-23(31)18-6-7-20(28-35(2,32)33)26-22(18)29-12-10-24(8-9-24)11-13-29/h3-7,17H,8-16H2,1-2H3,(H,26,28)(H,25,27,31)/t17-/m1/s1. The van der Waals surface area contributed by atoms with E-state index in [1.165, 1.54) is 18.9 Å². The first kappa shape index (κ1) is 23.8. The number of hydrogen-bond acceptors (Lipinski definition) is 8. The Labute approximate surface area is 206 Å². The van der Waals surface area contributed by atoms with Gasteiger partial charge in [-0.1, -0.05) is 6.07 Å². The number of ether oxygens (including phenoxy) is 1. The predicted octanol–water partition coefficient (Wildman–Crippen LogP) is 2.71. The van der Waals surface area contributed by atoms with Crippen LogP contribution in [0, 0.1) is 5.41 Å². The van der Waals surface area contributed by atoms with Crippen LogP contribution in [0.25, 0.3) is 0 Å². The average molecular weight is 501 g/mol. The van der Waals surface area contributed by atoms with E-state index in [1.807, 2.05) is 19.1 Å². The molecule has 1 aliphatic carbocycles. The van der Waals surface area contributed by atoms with Crippen LogP contribution in [0.1, 0.15) is 43.0 Å². The monoisotopic (exact) mass is 500 g/mol. The van der Waals surface area contributed by atoms with Gasteiger partial charge in [0, 0.05) is 26.2 Å². The third kappa shape index (κ3) is 5.67. The SMILES string of the molecule is C[C@@H]1CN(c2cccc(NC(=O)c3ccc(NS(C)(=O)=O)nc3N3CCC4(CC3)CC4)n2)CCO1. The van der Waals surface area contributed by atoms with Gasteiger partial charge in [-0.15, -0.1) is 0 Å². The number of rotatable bonds is 6. The molecule has 10 nitrogen and oxygen atoms in total. The smallest absolute Gasteiger partial charge is 0.260 e. The van der Waals surface area contributed by atoms with Gasteiger partial charge in [0.05, 0.1) is 24.5 Å². The van der Waals surface area contributed by atoms with Crippen molar-refractivity contribution < 1.29 is 17.9 Å². The maximum atomic E-state index is 13.4. The Morgan fingerprint density at radius 3 is 2.49 bits per heavy atom. The first-order valence-corrected chi connectivity index (χ1v) is 14.0. The molecular formula is C24H32N6O4S. The maximum Gasteiger partial charge on any atom is 0.260 e. The number of morpholine rings is 1. The van der Waals surface area contributed by atoms with E-state index in [1.54, 1.807) is 12.1 Å². The Hall–Kier alpha value is -2.92. The van der Waals surface area contributed by atoms with Gasteiger partial charge in [-0.2, -0.15) is 0 Å². The number of carbonyl (C=O) groups excluding carboxylic acids is 1. The molecule has 2 aromatic heterocycles. The summed E-state index contributed by atoms with van der Waals surface area (Å²) in [7, 11) is -3.49. The van der Waals surface area contributed by atoms with Crippen molar-refractivity contribution in [3.63, 3.8) is 0 Å². The lowest BCUT2D eigenvalue weighted by Crippen LogP contribution is -2.41. The van der Waals surface area contributed by atoms with E-state index < -0.39 is 10.0 Å². The molecule has 4 heterocycles. The number of hydrogen-bond donors (Lipinski definition) is 2. The Balaban J connectivity index is 1.38. The summed E-state index contributed by atoms with van der Waals surface area (Å²) in [6, 6.07) is 8.70. The van der Waals surface area contributed by atoms with Crippen molar-refractivity contribution in [2.45, 2.75) is 38.7 Å². The Morgan fingerprint density at radius 1 is 1.03 bits per heavy atom. The van der Waals surface area contributed by atoms with Gasteiger partial charge >= 0.3 is 0 Å². The molecule has 1 atom stereocenters. The zero-order chi connectivity index (χ0) is 24.6. The van der Waals surface area contributed by atoms with Crippen LogP contribution < -0.4 is 19.8 Å². The number of pyridine rings is 2. The highest BCUT2D eigenvalue weighted by atomic mass is 32.2. The molecule has 0 unspecified atom stereocenters. The molecule has 11 heteroatoms. The topological polar surface area (TPSA) is 117 Å². The zero-order valence-corrected chi connectivity index (χ0v) is 21.0. The van der Waals surface area contributed by atoms with Gasteiger partial charge in [-0.05, 0) is 62.3 Å². The highest BCUT2D eigenvalue weighted by Crippen LogP contribution is 2.54. The molecule has 2 N–H and O–H groups in total. The Kier molecular flexibility index (Phi) is 6.30. The number of piperidine rings is 1. The summed E-state index contributed by atoms with van der Waals surface area (Å²) < 4.78 is 31.6. The molecule has 5 rings (SSSR count). The van der Waals surface area contributed by atoms with Gasteiger partial charge in [0.2, 0.25) is 10.0 Å². The van der Waals surface area contributed by atoms with E-state index in [0.717, 1.165) is 51.1 Å². The van der Waals surface area contributed by atoms with Crippen LogP contribution in [0.3, 0.4) is 0 Å². The van der Waals surface area contributed by atoms with E-state index in [9.17, 15) is 13.2 Å². The molecular weight excluding hydrogens is 468 g/mol. The Bertz CT molecular complexity index is 1210. The Morgan fingerprint density at radius 2 is 1.80 bits per heavy atom. The summed E-state index contributed by atoms with van der Waals surface area (Å²) in [6.07, 6.45) is 5.85. The summed E-state index contributed by atoms with van der Waals surface area (Å²) in [5, 5.41) is 2.91. The molecule has 0 bridgehead atoms. The molecule has 2 aliphatic heterocycles. The summed E-state index contributed by atoms with van der Waals surface area (Å²) >= 11 is 0. The predicted molar refractivity (Wildman–Crippen MR) is 136 cm³/mol. The number of sulfonamides is 1. The second-order valence-electron chi connectivity index (χ2n) is 9.89. The molecule has 2 aromatic rings. The number of aromatic nitrogens is 2. The molecule has 3 fully saturated rings. The van der Waals surface area contributed by atoms with E-state index in [-0.39, 0.29) is 17.8 Å². The molecule has 1 amide bonds. The summed E-state index contributed by atoms with van der Waals surface area (Å²) in [4.78, 5) is 26.8. The number of anilines is 4. The quantitative estimate of drug-likeness (QED) is 0.622. The first-order chi connectivity index (χ1) is 16.7. The molecule has 188 valence electrons. The van der Waals surface area contributed by atoms with Crippen molar-refractivity contribution in [2.24, 2.45) is 5.41 Å². The van der Waals surface area contributed by atoms with E-state index in [0.29, 0.717) is 29.2 Å². The summed E-state index contributed by atoms with van der Waals surface area (Å²) in [5.41, 5.74) is 0.853. The molecule has 0 radical (unpaired) electrons. The number of carbonyl (C=O) groups is 1. The van der Waals surface area contributed by atoms with Crippen LogP contribution in [0.5, 0.6) is 0 Å². The van der Waals surface area contributed by atoms with Gasteiger partial charge < -0.3 is 19.9 Å². The van der Waals surface area contributed by atoms with Gasteiger partial charge in [0.15, 0.2) is 0 Å². The lowest BCUT2D eigenvalue weighted by molar-refractivity contribution is 0.0529. The van der Waals surface area contributed by atoms with Crippen molar-refractivity contribution in [2.75, 3.05) is 58.9 Å². The van der Waals surface area contributed by atoms with Gasteiger partial charge in [-0.25, -0.2) is 18.4 Å². The number of nitrogens with one attached hydrogen (secondary N) is 2. The molecule has 1 spiro atoms. The van der Waals surface area contributed by atoms with Crippen LogP contribution in [-0.4, -0.2) is 69.4 Å². The molecule has 35 heavy (non-hydrogen) atoms. The normalized spacial score (nSPS) is 21.6. The van der Waals surface area contributed by atoms with Crippen molar-refractivity contribution >= 4 is 39.2 Å². The number of amides is 1. The second-order valence-corrected chi connectivity index (χ2v) is 11.6. The minimum Gasteiger partial charge on any atom is -0.375 e. The average Bonchev–Trinajstić information content (AvgIpc) is 3.57. The highest BCUT2D eigenvalue weighted by Gasteiger charge is 2.45. The van der Waals surface area contributed by atoms with Gasteiger partial charge in [-0.3, -0.25) is 9.52 Å². The van der Waals surface area contributed by atoms with Crippen LogP contribution in [0.4, 0.5) is 23.3 Å². The fourth-order valence-electron chi connectivity index (χ4n) is 4.86. The van der Waals surface area contributed by atoms with Crippen molar-refractivity contribution in [3.05, 3.63) is 35.9 Å². The van der Waals surface area contributed by atoms with Crippen LogP contribution in [-0.2, 0) is 14.8 Å². The first-order valence-electron chi connectivity index (χ1n) is 12.1. The van der Waals surface area contributed by atoms with E-state index in [4.69, 9.17) is 4.74 Å². The zero-order valence-electron chi connectivity index (χ0n) is 20.2. The van der Waals surface area contributed by atoms with E-state index in [2.05, 4.69) is 29.8 Å². The molecule has 2 saturated heterocycles. The lowest BCUT2D eigenvalue weighted by atomic mass is 9.93. The van der Waals surface area contributed by atoms with Crippen molar-refractivity contribution in [3.8, 4) is 0 Å². The summed E-state index contributed by atoms with van der Waals surface area (Å²) in [6.45, 7) is 5.73.